The summed E-state index contributed by atoms with van der Waals surface area (Å²) in [6.45, 7) is 4.74. The number of hydrogen-bond donors (Lipinski definition) is 1. The number of methoxy groups -OCH3 is 1. The highest BCUT2D eigenvalue weighted by Crippen LogP contribution is 2.22. The number of aromatic nitrogens is 3. The van der Waals surface area contributed by atoms with Crippen LogP contribution in [0.2, 0.25) is 0 Å². The van der Waals surface area contributed by atoms with Gasteiger partial charge in [-0.1, -0.05) is 42.5 Å². The van der Waals surface area contributed by atoms with Crippen molar-refractivity contribution in [2.75, 3.05) is 7.11 Å². The molecule has 0 radical (unpaired) electrons. The van der Waals surface area contributed by atoms with Crippen LogP contribution < -0.4 is 15.6 Å². The first-order chi connectivity index (χ1) is 18.3. The fraction of sp³-hybridized carbons (Fsp3) is 0.276. The molecule has 2 aromatic heterocycles. The molecule has 198 valence electrons. The molecule has 0 aliphatic rings. The summed E-state index contributed by atoms with van der Waals surface area (Å²) in [4.78, 5) is 25.0. The minimum absolute atomic E-state index is 0.00350. The lowest BCUT2D eigenvalue weighted by molar-refractivity contribution is 0.0945. The Morgan fingerprint density at radius 3 is 2.45 bits per heavy atom. The summed E-state index contributed by atoms with van der Waals surface area (Å²) < 4.78 is 28.8. The number of rotatable bonds is 11. The van der Waals surface area contributed by atoms with Gasteiger partial charge in [-0.25, -0.2) is 4.39 Å². The maximum Gasteiger partial charge on any atom is 0.255 e. The zero-order valence-electron chi connectivity index (χ0n) is 21.7. The molecule has 0 saturated carbocycles. The molecule has 2 aromatic carbocycles. The number of carbonyl (C=O) groups excluding carboxylic acids is 1. The lowest BCUT2D eigenvalue weighted by Gasteiger charge is -2.13. The molecule has 2 heterocycles. The van der Waals surface area contributed by atoms with Crippen molar-refractivity contribution in [3.63, 3.8) is 0 Å². The van der Waals surface area contributed by atoms with Crippen molar-refractivity contribution in [1.82, 2.24) is 19.7 Å². The first-order valence-electron chi connectivity index (χ1n) is 12.3. The highest BCUT2D eigenvalue weighted by Gasteiger charge is 2.18. The van der Waals surface area contributed by atoms with Crippen molar-refractivity contribution in [2.24, 2.45) is 0 Å². The summed E-state index contributed by atoms with van der Waals surface area (Å²) >= 11 is 0. The summed E-state index contributed by atoms with van der Waals surface area (Å²) in [6, 6.07) is 17.8. The molecule has 0 atom stereocenters. The van der Waals surface area contributed by atoms with Crippen LogP contribution in [0, 0.1) is 5.82 Å². The highest BCUT2D eigenvalue weighted by molar-refractivity contribution is 5.95. The van der Waals surface area contributed by atoms with Crippen molar-refractivity contribution in [1.29, 1.82) is 0 Å². The zero-order valence-corrected chi connectivity index (χ0v) is 21.7. The third-order valence-corrected chi connectivity index (χ3v) is 5.83. The number of carbonyl (C=O) groups is 1. The van der Waals surface area contributed by atoms with E-state index in [4.69, 9.17) is 9.47 Å². The Kier molecular flexibility index (Phi) is 8.70. The molecular formula is C29H31FN4O4. The van der Waals surface area contributed by atoms with Crippen molar-refractivity contribution in [2.45, 2.75) is 46.2 Å². The standard InChI is InChI=1S/C29H31FN4O4/c1-20(2)38-26-8-6-7-23(28(26)30)15-31-29(36)24-18-34(32-25(24)19-37-3)17-22-12-10-21(11-13-22)16-33-14-5-4-9-27(33)35/h4-14,18,20H,15-17,19H2,1-3H3,(H,31,36). The molecule has 1 N–H and O–H groups in total. The van der Waals surface area contributed by atoms with E-state index in [9.17, 15) is 14.0 Å². The Morgan fingerprint density at radius 2 is 1.76 bits per heavy atom. The van der Waals surface area contributed by atoms with Crippen molar-refractivity contribution in [3.8, 4) is 5.75 Å². The van der Waals surface area contributed by atoms with Gasteiger partial charge in [-0.3, -0.25) is 14.3 Å². The SMILES string of the molecule is COCc1nn(Cc2ccc(Cn3ccccc3=O)cc2)cc1C(=O)NCc1cccc(OC(C)C)c1F. The number of ether oxygens (including phenoxy) is 2. The van der Waals surface area contributed by atoms with E-state index >= 15 is 0 Å². The van der Waals surface area contributed by atoms with Crippen LogP contribution in [0.1, 0.15) is 46.6 Å². The first-order valence-corrected chi connectivity index (χ1v) is 12.3. The normalized spacial score (nSPS) is 11.1. The fourth-order valence-corrected chi connectivity index (χ4v) is 4.01. The van der Waals surface area contributed by atoms with Gasteiger partial charge < -0.3 is 19.4 Å². The maximum absolute atomic E-state index is 14.8. The summed E-state index contributed by atoms with van der Waals surface area (Å²) in [5.74, 6) is -0.710. The van der Waals surface area contributed by atoms with Crippen LogP contribution in [0.4, 0.5) is 4.39 Å². The highest BCUT2D eigenvalue weighted by atomic mass is 19.1. The van der Waals surface area contributed by atoms with E-state index in [0.717, 1.165) is 11.1 Å². The Balaban J connectivity index is 1.44. The molecule has 4 rings (SSSR count). The lowest BCUT2D eigenvalue weighted by atomic mass is 10.1. The molecule has 0 spiro atoms. The van der Waals surface area contributed by atoms with Gasteiger partial charge in [0.15, 0.2) is 11.6 Å². The molecular weight excluding hydrogens is 487 g/mol. The van der Waals surface area contributed by atoms with Crippen LogP contribution in [0.25, 0.3) is 0 Å². The molecule has 4 aromatic rings. The lowest BCUT2D eigenvalue weighted by Crippen LogP contribution is -2.24. The smallest absolute Gasteiger partial charge is 0.255 e. The zero-order chi connectivity index (χ0) is 27.1. The van der Waals surface area contributed by atoms with Gasteiger partial charge in [0.25, 0.3) is 11.5 Å². The van der Waals surface area contributed by atoms with Gasteiger partial charge in [0.2, 0.25) is 0 Å². The largest absolute Gasteiger partial charge is 0.488 e. The predicted molar refractivity (Wildman–Crippen MR) is 142 cm³/mol. The minimum atomic E-state index is -0.491. The molecule has 1 amide bonds. The van der Waals surface area contributed by atoms with Crippen LogP contribution >= 0.6 is 0 Å². The second kappa shape index (κ2) is 12.3. The van der Waals surface area contributed by atoms with Gasteiger partial charge in [-0.2, -0.15) is 5.10 Å². The second-order valence-electron chi connectivity index (χ2n) is 9.18. The van der Waals surface area contributed by atoms with Gasteiger partial charge in [-0.15, -0.1) is 0 Å². The van der Waals surface area contributed by atoms with E-state index in [1.54, 1.807) is 45.9 Å². The number of nitrogens with one attached hydrogen (secondary N) is 1. The maximum atomic E-state index is 14.8. The quantitative estimate of drug-likeness (QED) is 0.323. The predicted octanol–water partition coefficient (Wildman–Crippen LogP) is 4.14. The van der Waals surface area contributed by atoms with Crippen LogP contribution in [-0.4, -0.2) is 33.5 Å². The summed E-state index contributed by atoms with van der Waals surface area (Å²) in [6.07, 6.45) is 3.26. The third-order valence-electron chi connectivity index (χ3n) is 5.83. The van der Waals surface area contributed by atoms with Crippen molar-refractivity contribution < 1.29 is 18.7 Å². The van der Waals surface area contributed by atoms with Crippen molar-refractivity contribution in [3.05, 3.63) is 117 Å². The van der Waals surface area contributed by atoms with Crippen LogP contribution in [0.15, 0.2) is 77.9 Å². The Hall–Kier alpha value is -4.24. The van der Waals surface area contributed by atoms with E-state index in [-0.39, 0.29) is 36.5 Å². The van der Waals surface area contributed by atoms with Crippen LogP contribution in [-0.2, 0) is 31.0 Å². The Morgan fingerprint density at radius 1 is 1.03 bits per heavy atom. The van der Waals surface area contributed by atoms with Crippen LogP contribution in [0.3, 0.4) is 0 Å². The topological polar surface area (TPSA) is 87.4 Å². The van der Waals surface area contributed by atoms with E-state index < -0.39 is 5.82 Å². The van der Waals surface area contributed by atoms with E-state index in [2.05, 4.69) is 10.4 Å². The number of hydrogen-bond acceptors (Lipinski definition) is 5. The van der Waals surface area contributed by atoms with Gasteiger partial charge in [0.1, 0.15) is 5.69 Å². The molecule has 38 heavy (non-hydrogen) atoms. The van der Waals surface area contributed by atoms with Gasteiger partial charge in [-0.05, 0) is 37.1 Å². The summed E-state index contributed by atoms with van der Waals surface area (Å²) in [5, 5.41) is 7.31. The van der Waals surface area contributed by atoms with E-state index in [1.165, 1.54) is 13.2 Å². The molecule has 8 nitrogen and oxygen atoms in total. The van der Waals surface area contributed by atoms with Gasteiger partial charge >= 0.3 is 0 Å². The average Bonchev–Trinajstić information content (AvgIpc) is 3.29. The molecule has 0 bridgehead atoms. The fourth-order valence-electron chi connectivity index (χ4n) is 4.01. The van der Waals surface area contributed by atoms with E-state index in [0.29, 0.717) is 29.9 Å². The minimum Gasteiger partial charge on any atom is -0.488 e. The third kappa shape index (κ3) is 6.74. The first kappa shape index (κ1) is 26.8. The molecule has 0 unspecified atom stereocenters. The molecule has 9 heteroatoms. The number of halogens is 1. The number of nitrogens with zero attached hydrogens (tertiary/aromatic N) is 3. The Bertz CT molecular complexity index is 1440. The summed E-state index contributed by atoms with van der Waals surface area (Å²) in [7, 11) is 1.53. The average molecular weight is 519 g/mol. The van der Waals surface area contributed by atoms with Crippen molar-refractivity contribution >= 4 is 5.91 Å². The van der Waals surface area contributed by atoms with Gasteiger partial charge in [0, 0.05) is 37.7 Å². The van der Waals surface area contributed by atoms with E-state index in [1.807, 2.05) is 44.2 Å². The molecule has 0 aliphatic carbocycles. The number of amides is 1. The number of pyridine rings is 1. The van der Waals surface area contributed by atoms with Gasteiger partial charge in [0.05, 0.1) is 31.4 Å². The Labute approximate surface area is 220 Å². The second-order valence-corrected chi connectivity index (χ2v) is 9.18. The molecule has 0 saturated heterocycles. The molecule has 0 aliphatic heterocycles. The number of benzene rings is 2. The summed E-state index contributed by atoms with van der Waals surface area (Å²) in [5.41, 5.74) is 3.11. The monoisotopic (exact) mass is 518 g/mol. The van der Waals surface area contributed by atoms with Crippen LogP contribution in [0.5, 0.6) is 5.75 Å². The molecule has 0 fully saturated rings.